The van der Waals surface area contributed by atoms with Gasteiger partial charge in [0.2, 0.25) is 0 Å². The zero-order valence-corrected chi connectivity index (χ0v) is 12.5. The lowest BCUT2D eigenvalue weighted by molar-refractivity contribution is 0.163. The van der Waals surface area contributed by atoms with Gasteiger partial charge in [0.15, 0.2) is 0 Å². The number of benzene rings is 1. The maximum absolute atomic E-state index is 4.63. The maximum atomic E-state index is 4.63. The van der Waals surface area contributed by atoms with Crippen molar-refractivity contribution in [3.63, 3.8) is 0 Å². The van der Waals surface area contributed by atoms with Crippen LogP contribution in [0.1, 0.15) is 25.2 Å². The van der Waals surface area contributed by atoms with Crippen molar-refractivity contribution in [2.75, 3.05) is 26.2 Å². The molecule has 2 heterocycles. The molecule has 0 saturated carbocycles. The lowest BCUT2D eigenvalue weighted by atomic mass is 10.1. The molecule has 0 radical (unpaired) electrons. The summed E-state index contributed by atoms with van der Waals surface area (Å²) in [5.74, 6) is 0.944. The molecule has 1 aromatic heterocycles. The standard InChI is InChI=1S/C17H22N4/c1-2-16(21-10-8-18-9-11-21)17-19-12-15(13-20-17)14-6-4-3-5-7-14/h3-7,12-13,16,18H,2,8-11H2,1H3. The van der Waals surface area contributed by atoms with Gasteiger partial charge in [0, 0.05) is 44.1 Å². The average molecular weight is 282 g/mol. The number of piperazine rings is 1. The smallest absolute Gasteiger partial charge is 0.145 e. The lowest BCUT2D eigenvalue weighted by Crippen LogP contribution is -2.45. The van der Waals surface area contributed by atoms with E-state index in [0.29, 0.717) is 6.04 Å². The molecule has 1 atom stereocenters. The summed E-state index contributed by atoms with van der Waals surface area (Å²) in [6, 6.07) is 10.6. The fourth-order valence-electron chi connectivity index (χ4n) is 2.89. The monoisotopic (exact) mass is 282 g/mol. The average Bonchev–Trinajstić information content (AvgIpc) is 2.58. The predicted molar refractivity (Wildman–Crippen MR) is 84.9 cm³/mol. The first-order chi connectivity index (χ1) is 10.4. The van der Waals surface area contributed by atoms with Gasteiger partial charge in [0.05, 0.1) is 6.04 Å². The van der Waals surface area contributed by atoms with Crippen molar-refractivity contribution in [2.45, 2.75) is 19.4 Å². The molecule has 1 aromatic carbocycles. The lowest BCUT2D eigenvalue weighted by Gasteiger charge is -2.33. The molecule has 1 N–H and O–H groups in total. The largest absolute Gasteiger partial charge is 0.314 e. The van der Waals surface area contributed by atoms with Crippen LogP contribution in [0.25, 0.3) is 11.1 Å². The second kappa shape index (κ2) is 6.78. The third kappa shape index (κ3) is 3.28. The van der Waals surface area contributed by atoms with E-state index in [2.05, 4.69) is 39.2 Å². The first kappa shape index (κ1) is 14.2. The van der Waals surface area contributed by atoms with Gasteiger partial charge in [-0.2, -0.15) is 0 Å². The summed E-state index contributed by atoms with van der Waals surface area (Å²) in [6.07, 6.45) is 4.94. The zero-order valence-electron chi connectivity index (χ0n) is 12.5. The van der Waals surface area contributed by atoms with Gasteiger partial charge < -0.3 is 5.32 Å². The van der Waals surface area contributed by atoms with Gasteiger partial charge in [-0.15, -0.1) is 0 Å². The van der Waals surface area contributed by atoms with Gasteiger partial charge in [0.25, 0.3) is 0 Å². The third-order valence-corrected chi connectivity index (χ3v) is 4.06. The molecule has 21 heavy (non-hydrogen) atoms. The molecular formula is C17H22N4. The summed E-state index contributed by atoms with van der Waals surface area (Å²) >= 11 is 0. The molecule has 110 valence electrons. The number of hydrogen-bond acceptors (Lipinski definition) is 4. The number of nitrogens with zero attached hydrogens (tertiary/aromatic N) is 3. The van der Waals surface area contributed by atoms with Crippen LogP contribution >= 0.6 is 0 Å². The van der Waals surface area contributed by atoms with E-state index in [9.17, 15) is 0 Å². The quantitative estimate of drug-likeness (QED) is 0.935. The van der Waals surface area contributed by atoms with Crippen molar-refractivity contribution >= 4 is 0 Å². The summed E-state index contributed by atoms with van der Waals surface area (Å²) in [6.45, 7) is 6.46. The predicted octanol–water partition coefficient (Wildman–Crippen LogP) is 2.50. The molecule has 0 bridgehead atoms. The minimum atomic E-state index is 0.330. The van der Waals surface area contributed by atoms with Gasteiger partial charge in [-0.05, 0) is 12.0 Å². The number of aromatic nitrogens is 2. The van der Waals surface area contributed by atoms with Crippen LogP contribution in [0, 0.1) is 0 Å². The van der Waals surface area contributed by atoms with E-state index in [1.807, 2.05) is 30.6 Å². The zero-order chi connectivity index (χ0) is 14.5. The van der Waals surface area contributed by atoms with Gasteiger partial charge in [-0.3, -0.25) is 4.90 Å². The van der Waals surface area contributed by atoms with Crippen molar-refractivity contribution in [3.05, 3.63) is 48.5 Å². The van der Waals surface area contributed by atoms with Gasteiger partial charge in [-0.25, -0.2) is 9.97 Å². The molecule has 1 saturated heterocycles. The molecule has 4 nitrogen and oxygen atoms in total. The summed E-state index contributed by atoms with van der Waals surface area (Å²) < 4.78 is 0. The first-order valence-electron chi connectivity index (χ1n) is 7.70. The normalized spacial score (nSPS) is 17.6. The molecule has 0 aliphatic carbocycles. The fourth-order valence-corrected chi connectivity index (χ4v) is 2.89. The van der Waals surface area contributed by atoms with E-state index >= 15 is 0 Å². The number of rotatable bonds is 4. The van der Waals surface area contributed by atoms with Crippen LogP contribution in [0.5, 0.6) is 0 Å². The summed E-state index contributed by atoms with van der Waals surface area (Å²) in [4.78, 5) is 11.7. The second-order valence-corrected chi connectivity index (χ2v) is 5.41. The highest BCUT2D eigenvalue weighted by atomic mass is 15.2. The molecule has 0 spiro atoms. The van der Waals surface area contributed by atoms with Crippen LogP contribution in [0.15, 0.2) is 42.7 Å². The molecular weight excluding hydrogens is 260 g/mol. The first-order valence-corrected chi connectivity index (χ1v) is 7.70. The minimum absolute atomic E-state index is 0.330. The number of nitrogens with one attached hydrogen (secondary N) is 1. The van der Waals surface area contributed by atoms with Crippen molar-refractivity contribution in [2.24, 2.45) is 0 Å². The molecule has 1 fully saturated rings. The van der Waals surface area contributed by atoms with E-state index in [4.69, 9.17) is 0 Å². The molecule has 3 rings (SSSR count). The van der Waals surface area contributed by atoms with Crippen LogP contribution in [-0.4, -0.2) is 41.0 Å². The van der Waals surface area contributed by atoms with Crippen LogP contribution in [0.2, 0.25) is 0 Å². The van der Waals surface area contributed by atoms with Gasteiger partial charge in [-0.1, -0.05) is 37.3 Å². The second-order valence-electron chi connectivity index (χ2n) is 5.41. The van der Waals surface area contributed by atoms with E-state index in [1.165, 1.54) is 5.56 Å². The Morgan fingerprint density at radius 1 is 1.05 bits per heavy atom. The Bertz CT molecular complexity index is 547. The third-order valence-electron chi connectivity index (χ3n) is 4.06. The van der Waals surface area contributed by atoms with E-state index in [-0.39, 0.29) is 0 Å². The Morgan fingerprint density at radius 2 is 1.71 bits per heavy atom. The highest BCUT2D eigenvalue weighted by Crippen LogP contribution is 2.23. The minimum Gasteiger partial charge on any atom is -0.314 e. The topological polar surface area (TPSA) is 41.1 Å². The van der Waals surface area contributed by atoms with Gasteiger partial charge in [0.1, 0.15) is 5.82 Å². The Kier molecular flexibility index (Phi) is 4.58. The molecule has 2 aromatic rings. The SMILES string of the molecule is CCC(c1ncc(-c2ccccc2)cn1)N1CCNCC1. The van der Waals surface area contributed by atoms with E-state index in [1.54, 1.807) is 0 Å². The van der Waals surface area contributed by atoms with Crippen molar-refractivity contribution in [1.29, 1.82) is 0 Å². The highest BCUT2D eigenvalue weighted by Gasteiger charge is 2.22. The number of hydrogen-bond donors (Lipinski definition) is 1. The molecule has 4 heteroatoms. The van der Waals surface area contributed by atoms with Crippen LogP contribution in [-0.2, 0) is 0 Å². The molecule has 0 amide bonds. The Morgan fingerprint density at radius 3 is 2.33 bits per heavy atom. The van der Waals surface area contributed by atoms with Crippen molar-refractivity contribution < 1.29 is 0 Å². The maximum Gasteiger partial charge on any atom is 0.145 e. The summed E-state index contributed by atoms with van der Waals surface area (Å²) in [5.41, 5.74) is 2.24. The molecule has 1 aliphatic heterocycles. The van der Waals surface area contributed by atoms with E-state index in [0.717, 1.165) is 44.0 Å². The van der Waals surface area contributed by atoms with Crippen LogP contribution in [0.4, 0.5) is 0 Å². The Balaban J connectivity index is 1.79. The Hall–Kier alpha value is -1.78. The molecule has 1 unspecified atom stereocenters. The molecule has 1 aliphatic rings. The van der Waals surface area contributed by atoms with Crippen molar-refractivity contribution in [3.8, 4) is 11.1 Å². The van der Waals surface area contributed by atoms with Crippen LogP contribution in [0.3, 0.4) is 0 Å². The van der Waals surface area contributed by atoms with Crippen LogP contribution < -0.4 is 5.32 Å². The summed E-state index contributed by atoms with van der Waals surface area (Å²) in [7, 11) is 0. The van der Waals surface area contributed by atoms with E-state index < -0.39 is 0 Å². The Labute approximate surface area is 126 Å². The van der Waals surface area contributed by atoms with Crippen molar-refractivity contribution in [1.82, 2.24) is 20.2 Å². The fraction of sp³-hybridized carbons (Fsp3) is 0.412. The summed E-state index contributed by atoms with van der Waals surface area (Å²) in [5, 5.41) is 3.39. The highest BCUT2D eigenvalue weighted by molar-refractivity contribution is 5.60. The van der Waals surface area contributed by atoms with Gasteiger partial charge >= 0.3 is 0 Å².